The number of benzene rings is 1. The number of alkyl halides is 1. The minimum atomic E-state index is -0.304. The van der Waals surface area contributed by atoms with Gasteiger partial charge < -0.3 is 9.47 Å². The minimum absolute atomic E-state index is 0.140. The lowest BCUT2D eigenvalue weighted by Crippen LogP contribution is -2.42. The monoisotopic (exact) mass is 420 g/mol. The maximum absolute atomic E-state index is 12.5. The van der Waals surface area contributed by atoms with E-state index >= 15 is 0 Å². The largest absolute Gasteiger partial charge is 0.482 e. The van der Waals surface area contributed by atoms with Crippen LogP contribution in [0.1, 0.15) is 63.0 Å². The minimum Gasteiger partial charge on any atom is -0.482 e. The molecule has 4 nitrogen and oxygen atoms in total. The standard InChI is InChI=1S/C21H25BrO4/c1-12(23)26-18-10-14(25-11-22)9-13-3-4-15-16(20(13)18)7-8-21(2)17(15)5-6-19(21)24/h9-10,15-17H,3-8,11H2,1-2H3/t15-,16+,17+,21+/m1/s1. The lowest BCUT2D eigenvalue weighted by Gasteiger charge is -2.48. The summed E-state index contributed by atoms with van der Waals surface area (Å²) >= 11 is 3.29. The molecule has 1 aromatic carbocycles. The van der Waals surface area contributed by atoms with Gasteiger partial charge in [-0.2, -0.15) is 0 Å². The molecule has 0 aliphatic heterocycles. The van der Waals surface area contributed by atoms with E-state index in [2.05, 4.69) is 28.9 Å². The fourth-order valence-corrected chi connectivity index (χ4v) is 6.08. The number of esters is 1. The van der Waals surface area contributed by atoms with Crippen LogP contribution >= 0.6 is 15.9 Å². The second-order valence-corrected chi connectivity index (χ2v) is 8.63. The first-order chi connectivity index (χ1) is 12.4. The molecule has 2 fully saturated rings. The highest BCUT2D eigenvalue weighted by Gasteiger charge is 2.55. The van der Waals surface area contributed by atoms with Crippen molar-refractivity contribution in [3.8, 4) is 11.5 Å². The number of hydrogen-bond donors (Lipinski definition) is 0. The molecule has 1 aromatic rings. The summed E-state index contributed by atoms with van der Waals surface area (Å²) in [4.78, 5) is 24.2. The number of halogens is 1. The third-order valence-electron chi connectivity index (χ3n) is 6.94. The summed E-state index contributed by atoms with van der Waals surface area (Å²) in [5.74, 6) is 2.86. The zero-order valence-corrected chi connectivity index (χ0v) is 16.9. The Morgan fingerprint density at radius 3 is 2.81 bits per heavy atom. The van der Waals surface area contributed by atoms with E-state index in [1.807, 2.05) is 6.07 Å². The Bertz CT molecular complexity index is 759. The number of Topliss-reactive ketones (excluding diaryl/α,β-unsaturated/α-hetero) is 1. The Kier molecular flexibility index (Phi) is 4.62. The fraction of sp³-hybridized carbons (Fsp3) is 0.619. The Morgan fingerprint density at radius 2 is 2.08 bits per heavy atom. The third kappa shape index (κ3) is 2.79. The molecule has 0 heterocycles. The molecule has 5 heteroatoms. The van der Waals surface area contributed by atoms with Gasteiger partial charge in [0.2, 0.25) is 0 Å². The highest BCUT2D eigenvalue weighted by molar-refractivity contribution is 9.09. The number of carbonyl (C=O) groups is 2. The van der Waals surface area contributed by atoms with Crippen LogP contribution in [-0.2, 0) is 16.0 Å². The average Bonchev–Trinajstić information content (AvgIpc) is 2.89. The van der Waals surface area contributed by atoms with Gasteiger partial charge in [-0.25, -0.2) is 0 Å². The van der Waals surface area contributed by atoms with Crippen LogP contribution in [0.15, 0.2) is 12.1 Å². The Morgan fingerprint density at radius 1 is 1.27 bits per heavy atom. The van der Waals surface area contributed by atoms with E-state index in [1.165, 1.54) is 18.1 Å². The van der Waals surface area contributed by atoms with E-state index in [4.69, 9.17) is 9.47 Å². The van der Waals surface area contributed by atoms with Crippen LogP contribution in [0.5, 0.6) is 11.5 Å². The smallest absolute Gasteiger partial charge is 0.308 e. The van der Waals surface area contributed by atoms with Crippen LogP contribution in [-0.4, -0.2) is 17.3 Å². The first kappa shape index (κ1) is 18.0. The number of carbonyl (C=O) groups excluding carboxylic acids is 2. The van der Waals surface area contributed by atoms with Crippen LogP contribution in [0.3, 0.4) is 0 Å². The summed E-state index contributed by atoms with van der Waals surface area (Å²) in [6, 6.07) is 3.94. The Labute approximate surface area is 162 Å². The van der Waals surface area contributed by atoms with Gasteiger partial charge in [0.25, 0.3) is 0 Å². The SMILES string of the molecule is CC(=O)Oc1cc(OCBr)cc2c1[C@H]1CC[C@]3(C)C(=O)CC[C@H]3[C@@H]1CC2. The normalized spacial score (nSPS) is 32.4. The molecule has 0 saturated heterocycles. The topological polar surface area (TPSA) is 52.6 Å². The van der Waals surface area contributed by atoms with Gasteiger partial charge in [-0.3, -0.25) is 9.59 Å². The zero-order valence-electron chi connectivity index (χ0n) is 15.3. The molecule has 0 amide bonds. The molecule has 2 saturated carbocycles. The summed E-state index contributed by atoms with van der Waals surface area (Å²) in [5.41, 5.74) is 2.67. The number of hydrogen-bond acceptors (Lipinski definition) is 4. The molecule has 4 atom stereocenters. The molecule has 0 N–H and O–H groups in total. The van der Waals surface area contributed by atoms with Crippen LogP contribution in [0, 0.1) is 17.3 Å². The van der Waals surface area contributed by atoms with Gasteiger partial charge in [0.05, 0.1) is 0 Å². The van der Waals surface area contributed by atoms with Crippen molar-refractivity contribution in [3.05, 3.63) is 23.3 Å². The number of ketones is 1. The van der Waals surface area contributed by atoms with Crippen molar-refractivity contribution in [2.45, 2.75) is 58.3 Å². The molecule has 4 rings (SSSR count). The van der Waals surface area contributed by atoms with Crippen molar-refractivity contribution >= 4 is 27.7 Å². The quantitative estimate of drug-likeness (QED) is 0.401. The molecule has 26 heavy (non-hydrogen) atoms. The highest BCUT2D eigenvalue weighted by Crippen LogP contribution is 2.60. The molecular formula is C21H25BrO4. The molecule has 0 spiro atoms. The van der Waals surface area contributed by atoms with Crippen molar-refractivity contribution in [3.63, 3.8) is 0 Å². The second kappa shape index (κ2) is 6.66. The lowest BCUT2D eigenvalue weighted by molar-refractivity contribution is -0.132. The Balaban J connectivity index is 1.75. The molecule has 0 unspecified atom stereocenters. The lowest BCUT2D eigenvalue weighted by atomic mass is 9.55. The van der Waals surface area contributed by atoms with E-state index in [9.17, 15) is 9.59 Å². The average molecular weight is 421 g/mol. The van der Waals surface area contributed by atoms with Crippen molar-refractivity contribution in [1.29, 1.82) is 0 Å². The van der Waals surface area contributed by atoms with Gasteiger partial charge in [0.15, 0.2) is 0 Å². The van der Waals surface area contributed by atoms with Gasteiger partial charge in [-0.1, -0.05) is 6.92 Å². The molecular weight excluding hydrogens is 396 g/mol. The number of aryl methyl sites for hydroxylation is 1. The molecule has 3 aliphatic carbocycles. The van der Waals surface area contributed by atoms with Crippen LogP contribution in [0.2, 0.25) is 0 Å². The van der Waals surface area contributed by atoms with E-state index in [1.54, 1.807) is 0 Å². The van der Waals surface area contributed by atoms with Gasteiger partial charge >= 0.3 is 5.97 Å². The summed E-state index contributed by atoms with van der Waals surface area (Å²) in [6.07, 6.45) is 5.72. The van der Waals surface area contributed by atoms with Gasteiger partial charge in [-0.05, 0) is 77.4 Å². The number of rotatable bonds is 3. The predicted molar refractivity (Wildman–Crippen MR) is 102 cm³/mol. The Hall–Kier alpha value is -1.36. The summed E-state index contributed by atoms with van der Waals surface area (Å²) in [6.45, 7) is 3.62. The van der Waals surface area contributed by atoms with Crippen molar-refractivity contribution in [1.82, 2.24) is 0 Å². The van der Waals surface area contributed by atoms with Crippen LogP contribution in [0.25, 0.3) is 0 Å². The summed E-state index contributed by atoms with van der Waals surface area (Å²) < 4.78 is 11.2. The van der Waals surface area contributed by atoms with Crippen LogP contribution < -0.4 is 9.47 Å². The van der Waals surface area contributed by atoms with Gasteiger partial charge in [-0.15, -0.1) is 0 Å². The maximum Gasteiger partial charge on any atom is 0.308 e. The zero-order chi connectivity index (χ0) is 18.5. The summed E-state index contributed by atoms with van der Waals surface area (Å²) in [7, 11) is 0. The van der Waals surface area contributed by atoms with E-state index in [0.717, 1.165) is 44.3 Å². The van der Waals surface area contributed by atoms with Crippen molar-refractivity contribution in [2.75, 3.05) is 5.52 Å². The van der Waals surface area contributed by atoms with Gasteiger partial charge in [0, 0.05) is 30.4 Å². The van der Waals surface area contributed by atoms with E-state index in [0.29, 0.717) is 34.8 Å². The highest BCUT2D eigenvalue weighted by atomic mass is 79.9. The van der Waals surface area contributed by atoms with E-state index in [-0.39, 0.29) is 11.4 Å². The van der Waals surface area contributed by atoms with Crippen molar-refractivity contribution in [2.24, 2.45) is 17.3 Å². The third-order valence-corrected chi connectivity index (χ3v) is 7.17. The van der Waals surface area contributed by atoms with E-state index < -0.39 is 0 Å². The number of fused-ring (bicyclic) bond motifs is 5. The molecule has 0 radical (unpaired) electrons. The van der Waals surface area contributed by atoms with Gasteiger partial charge in [0.1, 0.15) is 22.8 Å². The van der Waals surface area contributed by atoms with Crippen LogP contribution in [0.4, 0.5) is 0 Å². The first-order valence-electron chi connectivity index (χ1n) is 9.51. The molecule has 0 bridgehead atoms. The maximum atomic E-state index is 12.5. The molecule has 3 aliphatic rings. The number of ether oxygens (including phenoxy) is 2. The second-order valence-electron chi connectivity index (χ2n) is 8.17. The van der Waals surface area contributed by atoms with Crippen molar-refractivity contribution < 1.29 is 19.1 Å². The molecule has 0 aromatic heterocycles. The first-order valence-corrected chi connectivity index (χ1v) is 10.6. The summed E-state index contributed by atoms with van der Waals surface area (Å²) in [5, 5.41) is 0. The predicted octanol–water partition coefficient (Wildman–Crippen LogP) is 4.77. The fourth-order valence-electron chi connectivity index (χ4n) is 5.81. The molecule has 140 valence electrons.